The lowest BCUT2D eigenvalue weighted by atomic mass is 9.88. The van der Waals surface area contributed by atoms with Crippen molar-refractivity contribution >= 4 is 27.6 Å². The standard InChI is InChI=1S/C30H35ClN2O5S/c1-30(2,17-20-13-21-7-4-5-8-22(21)14-20)32-18-25(34)19-33(3)39(37,38)26-10-6-9-23(15-26)24-11-12-27(29(35)36)28(31)16-24/h4-12,15-16,20,25,32,34H,13-14,17-19H2,1-3H3,(H,35,36). The SMILES string of the molecule is CN(CC(O)CNC(C)(C)CC1Cc2ccccc2C1)S(=O)(=O)c1cccc(-c2ccc(C(=O)O)c(Cl)c2)c1. The van der Waals surface area contributed by atoms with Crippen molar-refractivity contribution in [3.63, 3.8) is 0 Å². The van der Waals surface area contributed by atoms with Crippen LogP contribution in [0.4, 0.5) is 0 Å². The maximum atomic E-state index is 13.3. The highest BCUT2D eigenvalue weighted by atomic mass is 35.5. The number of aromatic carboxylic acids is 1. The normalized spacial score (nSPS) is 14.9. The Labute approximate surface area is 235 Å². The highest BCUT2D eigenvalue weighted by molar-refractivity contribution is 7.89. The molecule has 3 aromatic rings. The zero-order valence-electron chi connectivity index (χ0n) is 22.4. The minimum absolute atomic E-state index is 0.0250. The number of fused-ring (bicyclic) bond motifs is 1. The smallest absolute Gasteiger partial charge is 0.337 e. The Morgan fingerprint density at radius 3 is 2.31 bits per heavy atom. The van der Waals surface area contributed by atoms with Gasteiger partial charge in [0, 0.05) is 25.7 Å². The molecule has 0 fully saturated rings. The number of aliphatic hydroxyl groups excluding tert-OH is 1. The van der Waals surface area contributed by atoms with Gasteiger partial charge >= 0.3 is 5.97 Å². The van der Waals surface area contributed by atoms with Crippen LogP contribution in [-0.4, -0.2) is 60.7 Å². The number of halogens is 1. The van der Waals surface area contributed by atoms with Gasteiger partial charge < -0.3 is 15.5 Å². The second-order valence-corrected chi connectivity index (χ2v) is 13.4. The molecule has 7 nitrogen and oxygen atoms in total. The van der Waals surface area contributed by atoms with E-state index >= 15 is 0 Å². The first-order chi connectivity index (χ1) is 18.4. The molecule has 3 N–H and O–H groups in total. The molecule has 1 atom stereocenters. The van der Waals surface area contributed by atoms with Gasteiger partial charge in [0.2, 0.25) is 10.0 Å². The molecule has 1 aliphatic carbocycles. The van der Waals surface area contributed by atoms with Crippen LogP contribution in [0.15, 0.2) is 71.6 Å². The molecule has 0 saturated heterocycles. The Balaban J connectivity index is 1.35. The lowest BCUT2D eigenvalue weighted by Crippen LogP contribution is -2.47. The van der Waals surface area contributed by atoms with Crippen molar-refractivity contribution in [2.45, 2.75) is 49.6 Å². The molecular formula is C30H35ClN2O5S. The van der Waals surface area contributed by atoms with Crippen LogP contribution in [0.1, 0.15) is 41.8 Å². The Morgan fingerprint density at radius 2 is 1.69 bits per heavy atom. The fraction of sp³-hybridized carbons (Fsp3) is 0.367. The number of sulfonamides is 1. The number of carboxylic acids is 1. The summed E-state index contributed by atoms with van der Waals surface area (Å²) in [4.78, 5) is 11.3. The molecular weight excluding hydrogens is 536 g/mol. The second kappa shape index (κ2) is 11.8. The van der Waals surface area contributed by atoms with E-state index in [4.69, 9.17) is 11.6 Å². The quantitative estimate of drug-likeness (QED) is 0.304. The molecule has 0 bridgehead atoms. The Kier molecular flexibility index (Phi) is 8.83. The van der Waals surface area contributed by atoms with E-state index in [1.165, 1.54) is 42.4 Å². The molecule has 9 heteroatoms. The third-order valence-corrected chi connectivity index (χ3v) is 9.43. The lowest BCUT2D eigenvalue weighted by molar-refractivity contribution is 0.0697. The van der Waals surface area contributed by atoms with E-state index in [-0.39, 0.29) is 34.1 Å². The zero-order valence-corrected chi connectivity index (χ0v) is 24.0. The summed E-state index contributed by atoms with van der Waals surface area (Å²) in [5, 5.41) is 23.4. The number of nitrogens with one attached hydrogen (secondary N) is 1. The summed E-state index contributed by atoms with van der Waals surface area (Å²) in [7, 11) is -2.43. The van der Waals surface area contributed by atoms with Gasteiger partial charge in [-0.05, 0) is 85.5 Å². The number of hydrogen-bond acceptors (Lipinski definition) is 5. The Hall–Kier alpha value is -2.75. The average molecular weight is 571 g/mol. The summed E-state index contributed by atoms with van der Waals surface area (Å²) < 4.78 is 27.7. The minimum Gasteiger partial charge on any atom is -0.478 e. The van der Waals surface area contributed by atoms with Crippen molar-refractivity contribution in [1.82, 2.24) is 9.62 Å². The maximum absolute atomic E-state index is 13.3. The number of carboxylic acid groups (broad SMARTS) is 1. The predicted octanol–water partition coefficient (Wildman–Crippen LogP) is 4.86. The van der Waals surface area contributed by atoms with Crippen LogP contribution in [-0.2, 0) is 22.9 Å². The molecule has 3 aromatic carbocycles. The van der Waals surface area contributed by atoms with Crippen molar-refractivity contribution in [1.29, 1.82) is 0 Å². The number of likely N-dealkylation sites (N-methyl/N-ethyl adjacent to an activating group) is 1. The van der Waals surface area contributed by atoms with Crippen LogP contribution in [0.25, 0.3) is 11.1 Å². The van der Waals surface area contributed by atoms with Crippen LogP contribution in [0, 0.1) is 5.92 Å². The largest absolute Gasteiger partial charge is 0.478 e. The Bertz CT molecular complexity index is 1430. The summed E-state index contributed by atoms with van der Waals surface area (Å²) in [5.74, 6) is -0.599. The van der Waals surface area contributed by atoms with Crippen LogP contribution < -0.4 is 5.32 Å². The molecule has 1 aliphatic rings. The average Bonchev–Trinajstić information content (AvgIpc) is 3.29. The van der Waals surface area contributed by atoms with Gasteiger partial charge in [-0.2, -0.15) is 4.31 Å². The van der Waals surface area contributed by atoms with Gasteiger partial charge in [-0.15, -0.1) is 0 Å². The van der Waals surface area contributed by atoms with E-state index in [1.54, 1.807) is 18.2 Å². The van der Waals surface area contributed by atoms with Crippen molar-refractivity contribution in [3.8, 4) is 11.1 Å². The van der Waals surface area contributed by atoms with Crippen LogP contribution >= 0.6 is 11.6 Å². The van der Waals surface area contributed by atoms with E-state index in [1.807, 2.05) is 0 Å². The maximum Gasteiger partial charge on any atom is 0.337 e. The number of rotatable bonds is 11. The van der Waals surface area contributed by atoms with E-state index in [0.29, 0.717) is 17.0 Å². The van der Waals surface area contributed by atoms with E-state index in [2.05, 4.69) is 43.4 Å². The first-order valence-corrected chi connectivity index (χ1v) is 14.8. The molecule has 0 aromatic heterocycles. The third kappa shape index (κ3) is 7.07. The van der Waals surface area contributed by atoms with Crippen LogP contribution in [0.2, 0.25) is 5.02 Å². The van der Waals surface area contributed by atoms with Gasteiger partial charge in [-0.3, -0.25) is 0 Å². The van der Waals surface area contributed by atoms with Crippen LogP contribution in [0.5, 0.6) is 0 Å². The number of aliphatic hydroxyl groups is 1. The summed E-state index contributed by atoms with van der Waals surface area (Å²) in [6.07, 6.45) is 2.17. The lowest BCUT2D eigenvalue weighted by Gasteiger charge is -2.31. The van der Waals surface area contributed by atoms with Crippen molar-refractivity contribution in [2.75, 3.05) is 20.1 Å². The molecule has 0 spiro atoms. The fourth-order valence-corrected chi connectivity index (χ4v) is 6.84. The first-order valence-electron chi connectivity index (χ1n) is 13.0. The van der Waals surface area contributed by atoms with E-state index in [0.717, 1.165) is 23.6 Å². The minimum atomic E-state index is -3.88. The highest BCUT2D eigenvalue weighted by Crippen LogP contribution is 2.32. The summed E-state index contributed by atoms with van der Waals surface area (Å²) in [5.41, 5.74) is 3.77. The molecule has 0 heterocycles. The highest BCUT2D eigenvalue weighted by Gasteiger charge is 2.29. The van der Waals surface area contributed by atoms with Crippen molar-refractivity contribution in [2.24, 2.45) is 5.92 Å². The van der Waals surface area contributed by atoms with Gasteiger partial charge in [0.05, 0.1) is 21.6 Å². The topological polar surface area (TPSA) is 107 Å². The first kappa shape index (κ1) is 29.2. The third-order valence-electron chi connectivity index (χ3n) is 7.29. The van der Waals surface area contributed by atoms with E-state index < -0.39 is 22.1 Å². The van der Waals surface area contributed by atoms with E-state index in [9.17, 15) is 23.4 Å². The number of carbonyl (C=O) groups is 1. The van der Waals surface area contributed by atoms with Gasteiger partial charge in [-0.25, -0.2) is 13.2 Å². The number of hydrogen-bond donors (Lipinski definition) is 3. The number of benzene rings is 3. The summed E-state index contributed by atoms with van der Waals surface area (Å²) in [6.45, 7) is 4.43. The second-order valence-electron chi connectivity index (χ2n) is 11.0. The molecule has 0 saturated carbocycles. The van der Waals surface area contributed by atoms with Crippen molar-refractivity contribution in [3.05, 3.63) is 88.4 Å². The summed E-state index contributed by atoms with van der Waals surface area (Å²) >= 11 is 6.10. The Morgan fingerprint density at radius 1 is 1.05 bits per heavy atom. The monoisotopic (exact) mass is 570 g/mol. The zero-order chi connectivity index (χ0) is 28.4. The molecule has 1 unspecified atom stereocenters. The number of nitrogens with zero attached hydrogens (tertiary/aromatic N) is 1. The van der Waals surface area contributed by atoms with Gasteiger partial charge in [0.1, 0.15) is 0 Å². The fourth-order valence-electron chi connectivity index (χ4n) is 5.33. The van der Waals surface area contributed by atoms with Crippen LogP contribution in [0.3, 0.4) is 0 Å². The molecule has 0 aliphatic heterocycles. The number of β-amino-alcohol motifs (C(OH)–C–C–N with tert-alkyl or cyclic N) is 1. The molecule has 208 valence electrons. The molecule has 4 rings (SSSR count). The van der Waals surface area contributed by atoms with Gasteiger partial charge in [0.25, 0.3) is 0 Å². The molecule has 0 amide bonds. The van der Waals surface area contributed by atoms with Gasteiger partial charge in [0.15, 0.2) is 0 Å². The predicted molar refractivity (Wildman–Crippen MR) is 154 cm³/mol. The van der Waals surface area contributed by atoms with Gasteiger partial charge in [-0.1, -0.05) is 54.1 Å². The molecule has 39 heavy (non-hydrogen) atoms. The van der Waals surface area contributed by atoms with Crippen molar-refractivity contribution < 1.29 is 23.4 Å². The molecule has 0 radical (unpaired) electrons. The summed E-state index contributed by atoms with van der Waals surface area (Å²) in [6, 6.07) is 19.4.